The summed E-state index contributed by atoms with van der Waals surface area (Å²) in [5.74, 6) is 0.745. The van der Waals surface area contributed by atoms with Crippen molar-refractivity contribution in [2.24, 2.45) is 0 Å². The molecule has 4 rings (SSSR count). The average molecular weight is 335 g/mol. The Morgan fingerprint density at radius 1 is 0.733 bits per heavy atom. The molecule has 4 aliphatic rings. The Balaban J connectivity index is 2.06. The first-order valence-corrected chi connectivity index (χ1v) is 10.0. The van der Waals surface area contributed by atoms with Gasteiger partial charge in [0.1, 0.15) is 13.6 Å². The van der Waals surface area contributed by atoms with E-state index in [0.29, 0.717) is 10.2 Å². The van der Waals surface area contributed by atoms with E-state index in [4.69, 9.17) is 11.6 Å². The molecule has 86 valence electrons. The molecule has 0 aromatic carbocycles. The zero-order chi connectivity index (χ0) is 10.9. The van der Waals surface area contributed by atoms with E-state index in [1.165, 1.54) is 0 Å². The molecule has 0 spiro atoms. The average Bonchev–Trinajstić information content (AvgIpc) is 1.94. The second-order valence-electron chi connectivity index (χ2n) is 4.02. The Labute approximate surface area is 121 Å². The Hall–Kier alpha value is 2.39. The normalized spacial score (nSPS) is 62.4. The first-order chi connectivity index (χ1) is 6.80. The summed E-state index contributed by atoms with van der Waals surface area (Å²) in [6, 6.07) is 0. The van der Waals surface area contributed by atoms with Gasteiger partial charge in [0, 0.05) is 0 Å². The summed E-state index contributed by atoms with van der Waals surface area (Å²) in [5.41, 5.74) is 0. The second kappa shape index (κ2) is 3.48. The van der Waals surface area contributed by atoms with Crippen LogP contribution in [-0.4, -0.2) is 19.5 Å². The van der Waals surface area contributed by atoms with Gasteiger partial charge in [-0.2, -0.15) is 0 Å². The molecular weight excluding hydrogens is 324 g/mol. The zero-order valence-corrected chi connectivity index (χ0v) is 14.2. The van der Waals surface area contributed by atoms with E-state index < -0.39 is 0 Å². The van der Waals surface area contributed by atoms with E-state index in [1.807, 2.05) is 0 Å². The summed E-state index contributed by atoms with van der Waals surface area (Å²) in [7, 11) is 0. The Morgan fingerprint density at radius 3 is 1.33 bits per heavy atom. The van der Waals surface area contributed by atoms with E-state index in [0.717, 1.165) is 5.88 Å². The monoisotopic (exact) mass is 334 g/mol. The van der Waals surface area contributed by atoms with Gasteiger partial charge in [-0.1, -0.05) is 0 Å². The van der Waals surface area contributed by atoms with Gasteiger partial charge in [-0.3, -0.25) is 0 Å². The van der Waals surface area contributed by atoms with Crippen molar-refractivity contribution in [3.8, 4) is 0 Å². The number of alkyl halides is 1. The minimum absolute atomic E-state index is 0.182. The summed E-state index contributed by atoms with van der Waals surface area (Å²) in [4.78, 5) is 0. The molecule has 0 aliphatic carbocycles. The lowest BCUT2D eigenvalue weighted by atomic mass is 10.9. The maximum atomic E-state index is 6.22. The predicted molar refractivity (Wildman–Crippen MR) is 84.2 cm³/mol. The second-order valence-corrected chi connectivity index (χ2v) is 18.0. The van der Waals surface area contributed by atoms with Gasteiger partial charge in [0.05, 0.1) is 5.88 Å². The van der Waals surface area contributed by atoms with Gasteiger partial charge >= 0.3 is 0 Å². The zero-order valence-electron chi connectivity index (χ0n) is 8.53. The van der Waals surface area contributed by atoms with Gasteiger partial charge < -0.3 is 0 Å². The summed E-state index contributed by atoms with van der Waals surface area (Å²) in [6.45, 7) is 7.10. The van der Waals surface area contributed by atoms with Crippen LogP contribution in [0.3, 0.4) is 0 Å². The van der Waals surface area contributed by atoms with Crippen LogP contribution in [0, 0.1) is 0 Å². The molecule has 4 bridgehead atoms. The minimum Gasteiger partial charge on any atom is -0.123 e. The van der Waals surface area contributed by atoms with Crippen LogP contribution >= 0.6 is 82.2 Å². The number of hydrogen-bond donors (Lipinski definition) is 0. The van der Waals surface area contributed by atoms with E-state index in [1.54, 1.807) is 0 Å². The molecule has 0 nitrogen and oxygen atoms in total. The third kappa shape index (κ3) is 1.98. The molecule has 0 radical (unpaired) electrons. The first kappa shape index (κ1) is 12.4. The maximum absolute atomic E-state index is 6.22. The lowest BCUT2D eigenvalue weighted by molar-refractivity contribution is 1.10. The highest BCUT2D eigenvalue weighted by Gasteiger charge is 2.68. The van der Waals surface area contributed by atoms with Gasteiger partial charge in [-0.25, -0.2) is 0 Å². The van der Waals surface area contributed by atoms with Crippen LogP contribution < -0.4 is 0 Å². The fourth-order valence-electron chi connectivity index (χ4n) is 2.19. The van der Waals surface area contributed by atoms with Crippen molar-refractivity contribution in [1.82, 2.24) is 0 Å². The number of thioether (sulfide) groups is 6. The standard InChI is InChI=1S/C8H11ClS6/c1-5-10-6(2)12-7(3,11-5)15-8(4-9,13-5)14-6/h4H2,1-3H3. The van der Waals surface area contributed by atoms with E-state index in [2.05, 4.69) is 91.3 Å². The quantitative estimate of drug-likeness (QED) is 0.589. The van der Waals surface area contributed by atoms with Gasteiger partial charge in [0.15, 0.2) is 0 Å². The molecule has 0 unspecified atom stereocenters. The van der Waals surface area contributed by atoms with Gasteiger partial charge in [0.2, 0.25) is 0 Å². The maximum Gasteiger partial charge on any atom is 0.126 e. The molecule has 0 saturated carbocycles. The molecule has 0 aromatic heterocycles. The lowest BCUT2D eigenvalue weighted by Crippen LogP contribution is -2.51. The summed E-state index contributed by atoms with van der Waals surface area (Å²) < 4.78 is 1.06. The van der Waals surface area contributed by atoms with Crippen molar-refractivity contribution in [2.45, 2.75) is 34.4 Å². The third-order valence-corrected chi connectivity index (χ3v) is 13.9. The Kier molecular flexibility index (Phi) is 2.88. The van der Waals surface area contributed by atoms with Crippen LogP contribution in [-0.2, 0) is 0 Å². The fourth-order valence-corrected chi connectivity index (χ4v) is 23.9. The number of hydrogen-bond acceptors (Lipinski definition) is 6. The fraction of sp³-hybridized carbons (Fsp3) is 1.00. The third-order valence-electron chi connectivity index (χ3n) is 2.30. The molecule has 4 heterocycles. The first-order valence-electron chi connectivity index (χ1n) is 4.57. The Bertz CT molecular complexity index is 267. The van der Waals surface area contributed by atoms with Crippen LogP contribution in [0.5, 0.6) is 0 Å². The van der Waals surface area contributed by atoms with Crippen molar-refractivity contribution < 1.29 is 0 Å². The van der Waals surface area contributed by atoms with Crippen LogP contribution in [0.25, 0.3) is 0 Å². The molecule has 4 saturated heterocycles. The number of halogens is 1. The highest BCUT2D eigenvalue weighted by molar-refractivity contribution is 8.64. The van der Waals surface area contributed by atoms with Crippen LogP contribution in [0.1, 0.15) is 20.8 Å². The molecule has 0 atom stereocenters. The topological polar surface area (TPSA) is 0 Å². The predicted octanol–water partition coefficient (Wildman–Crippen LogP) is 5.34. The van der Waals surface area contributed by atoms with Crippen LogP contribution in [0.4, 0.5) is 0 Å². The summed E-state index contributed by atoms with van der Waals surface area (Å²) in [6.07, 6.45) is 0. The van der Waals surface area contributed by atoms with Crippen LogP contribution in [0.2, 0.25) is 0 Å². The van der Waals surface area contributed by atoms with Crippen molar-refractivity contribution >= 4 is 82.2 Å². The highest BCUT2D eigenvalue weighted by Crippen LogP contribution is 2.88. The molecule has 0 aromatic rings. The van der Waals surface area contributed by atoms with Crippen molar-refractivity contribution in [1.29, 1.82) is 0 Å². The summed E-state index contributed by atoms with van der Waals surface area (Å²) >= 11 is 18.7. The molecule has 7 heteroatoms. The van der Waals surface area contributed by atoms with E-state index >= 15 is 0 Å². The van der Waals surface area contributed by atoms with E-state index in [-0.39, 0.29) is 3.41 Å². The molecule has 0 N–H and O–H groups in total. The van der Waals surface area contributed by atoms with Gasteiger partial charge in [-0.05, 0) is 20.8 Å². The van der Waals surface area contributed by atoms with Gasteiger partial charge in [-0.15, -0.1) is 82.2 Å². The van der Waals surface area contributed by atoms with Crippen molar-refractivity contribution in [3.05, 3.63) is 0 Å². The Morgan fingerprint density at radius 2 is 1.07 bits per heavy atom. The molecule has 0 amide bonds. The largest absolute Gasteiger partial charge is 0.126 e. The van der Waals surface area contributed by atoms with E-state index in [9.17, 15) is 0 Å². The SMILES string of the molecule is CC12SC3(C)SC(C)(S1)SC(CCl)(S2)S3. The molecule has 4 fully saturated rings. The lowest BCUT2D eigenvalue weighted by Gasteiger charge is -2.64. The van der Waals surface area contributed by atoms with Crippen LogP contribution in [0.15, 0.2) is 0 Å². The smallest absolute Gasteiger partial charge is 0.123 e. The summed E-state index contributed by atoms with van der Waals surface area (Å²) in [5, 5.41) is 0. The van der Waals surface area contributed by atoms with Crippen molar-refractivity contribution in [3.63, 3.8) is 0 Å². The molecular formula is C8H11ClS6. The minimum atomic E-state index is 0.182. The highest BCUT2D eigenvalue weighted by atomic mass is 35.5. The number of rotatable bonds is 1. The molecule has 15 heavy (non-hydrogen) atoms. The van der Waals surface area contributed by atoms with Gasteiger partial charge in [0.25, 0.3) is 0 Å². The van der Waals surface area contributed by atoms with Crippen molar-refractivity contribution in [2.75, 3.05) is 5.88 Å². The molecule has 4 aliphatic heterocycles.